The minimum atomic E-state index is -5.11. The first-order valence-electron chi connectivity index (χ1n) is 11.8. The largest absolute Gasteiger partial charge is 0.471 e. The first-order valence-corrected chi connectivity index (χ1v) is 11.8. The summed E-state index contributed by atoms with van der Waals surface area (Å²) in [6.07, 6.45) is -6.14. The number of anilines is 1. The van der Waals surface area contributed by atoms with E-state index in [-0.39, 0.29) is 18.1 Å². The van der Waals surface area contributed by atoms with Crippen molar-refractivity contribution in [1.29, 1.82) is 0 Å². The number of carbonyl (C=O) groups excluding carboxylic acids is 2. The molecule has 1 aliphatic heterocycles. The number of amides is 2. The highest BCUT2D eigenvalue weighted by molar-refractivity contribution is 5.98. The standard InChI is InChI=1S/C26H33F3N4O3/c1-19(34)31-13-12-22-21(17-31)10-7-11-23(22)33(25(36)26(27,28)29)18-24(35)32(15-14-30(2)3)16-20-8-5-4-6-9-20/h4-11,24,35H,12-18H2,1-3H3. The highest BCUT2D eigenvalue weighted by Gasteiger charge is 2.44. The van der Waals surface area contributed by atoms with Crippen molar-refractivity contribution < 1.29 is 27.9 Å². The SMILES string of the molecule is CC(=O)N1CCc2c(cccc2N(CC(O)N(CCN(C)C)Cc2ccccc2)C(=O)C(F)(F)F)C1. The van der Waals surface area contributed by atoms with E-state index < -0.39 is 24.9 Å². The minimum absolute atomic E-state index is 0.115. The van der Waals surface area contributed by atoms with Crippen LogP contribution in [0.5, 0.6) is 0 Å². The van der Waals surface area contributed by atoms with Gasteiger partial charge in [0.25, 0.3) is 0 Å². The van der Waals surface area contributed by atoms with Crippen LogP contribution in [-0.2, 0) is 29.1 Å². The summed E-state index contributed by atoms with van der Waals surface area (Å²) in [6.45, 7) is 2.77. The number of carbonyl (C=O) groups is 2. The molecular formula is C26H33F3N4O3. The smallest absolute Gasteiger partial charge is 0.376 e. The fourth-order valence-corrected chi connectivity index (χ4v) is 4.31. The van der Waals surface area contributed by atoms with Crippen LogP contribution < -0.4 is 4.90 Å². The number of likely N-dealkylation sites (N-methyl/N-ethyl adjacent to an activating group) is 1. The van der Waals surface area contributed by atoms with Crippen molar-refractivity contribution in [2.24, 2.45) is 0 Å². The van der Waals surface area contributed by atoms with Crippen LogP contribution in [0, 0.1) is 0 Å². The summed E-state index contributed by atoms with van der Waals surface area (Å²) in [5.41, 5.74) is 2.29. The third-order valence-electron chi connectivity index (χ3n) is 6.30. The van der Waals surface area contributed by atoms with E-state index in [9.17, 15) is 27.9 Å². The number of halogens is 3. The molecule has 7 nitrogen and oxygen atoms in total. The number of nitrogens with zero attached hydrogens (tertiary/aromatic N) is 4. The van der Waals surface area contributed by atoms with E-state index in [1.54, 1.807) is 21.9 Å². The van der Waals surface area contributed by atoms with E-state index in [4.69, 9.17) is 0 Å². The average molecular weight is 507 g/mol. The van der Waals surface area contributed by atoms with Gasteiger partial charge in [0.05, 0.1) is 6.54 Å². The molecule has 1 heterocycles. The molecule has 0 spiro atoms. The molecule has 2 amide bonds. The van der Waals surface area contributed by atoms with Crippen molar-refractivity contribution in [3.05, 3.63) is 65.2 Å². The molecule has 0 radical (unpaired) electrons. The molecule has 196 valence electrons. The lowest BCUT2D eigenvalue weighted by molar-refractivity contribution is -0.171. The summed E-state index contributed by atoms with van der Waals surface area (Å²) >= 11 is 0. The van der Waals surface area contributed by atoms with Crippen LogP contribution in [-0.4, -0.2) is 84.3 Å². The number of fused-ring (bicyclic) bond motifs is 1. The molecule has 3 rings (SSSR count). The van der Waals surface area contributed by atoms with Gasteiger partial charge in [0.2, 0.25) is 5.91 Å². The van der Waals surface area contributed by atoms with Crippen LogP contribution in [0.1, 0.15) is 23.6 Å². The van der Waals surface area contributed by atoms with Crippen molar-refractivity contribution >= 4 is 17.5 Å². The Bertz CT molecular complexity index is 1050. The van der Waals surface area contributed by atoms with Crippen molar-refractivity contribution in [3.8, 4) is 0 Å². The van der Waals surface area contributed by atoms with Crippen LogP contribution in [0.4, 0.5) is 18.9 Å². The van der Waals surface area contributed by atoms with E-state index in [1.807, 2.05) is 49.3 Å². The monoisotopic (exact) mass is 506 g/mol. The van der Waals surface area contributed by atoms with Crippen LogP contribution in [0.25, 0.3) is 0 Å². The number of aliphatic hydroxyl groups is 1. The van der Waals surface area contributed by atoms with E-state index >= 15 is 0 Å². The zero-order valence-corrected chi connectivity index (χ0v) is 20.8. The van der Waals surface area contributed by atoms with Crippen LogP contribution in [0.3, 0.4) is 0 Å². The molecule has 1 atom stereocenters. The maximum absolute atomic E-state index is 13.7. The van der Waals surface area contributed by atoms with E-state index in [2.05, 4.69) is 0 Å². The Morgan fingerprint density at radius 2 is 1.75 bits per heavy atom. The van der Waals surface area contributed by atoms with Crippen molar-refractivity contribution in [2.75, 3.05) is 45.2 Å². The normalized spacial score (nSPS) is 14.6. The lowest BCUT2D eigenvalue weighted by Gasteiger charge is -2.36. The second-order valence-electron chi connectivity index (χ2n) is 9.26. The third kappa shape index (κ3) is 7.05. The zero-order chi connectivity index (χ0) is 26.5. The minimum Gasteiger partial charge on any atom is -0.376 e. The number of aliphatic hydroxyl groups excluding tert-OH is 1. The quantitative estimate of drug-likeness (QED) is 0.530. The van der Waals surface area contributed by atoms with Gasteiger partial charge in [-0.05, 0) is 43.3 Å². The molecule has 1 unspecified atom stereocenters. The van der Waals surface area contributed by atoms with E-state index in [0.717, 1.165) is 5.56 Å². The van der Waals surface area contributed by atoms with E-state index in [0.29, 0.717) is 48.6 Å². The van der Waals surface area contributed by atoms with Gasteiger partial charge in [-0.3, -0.25) is 14.5 Å². The van der Waals surface area contributed by atoms with Gasteiger partial charge in [0, 0.05) is 45.3 Å². The molecule has 0 fully saturated rings. The summed E-state index contributed by atoms with van der Waals surface area (Å²) in [6, 6.07) is 14.1. The van der Waals surface area contributed by atoms with Crippen molar-refractivity contribution in [2.45, 2.75) is 38.8 Å². The molecule has 0 saturated heterocycles. The maximum Gasteiger partial charge on any atom is 0.471 e. The molecule has 2 aromatic carbocycles. The van der Waals surface area contributed by atoms with Crippen LogP contribution in [0.15, 0.2) is 48.5 Å². The first kappa shape index (κ1) is 27.6. The molecule has 0 saturated carbocycles. The molecule has 0 aliphatic carbocycles. The average Bonchev–Trinajstić information content (AvgIpc) is 2.83. The fourth-order valence-electron chi connectivity index (χ4n) is 4.31. The number of hydrogen-bond acceptors (Lipinski definition) is 5. The maximum atomic E-state index is 13.7. The molecule has 0 aromatic heterocycles. The lowest BCUT2D eigenvalue weighted by Crippen LogP contribution is -2.51. The second-order valence-corrected chi connectivity index (χ2v) is 9.26. The third-order valence-corrected chi connectivity index (χ3v) is 6.30. The van der Waals surface area contributed by atoms with Gasteiger partial charge >= 0.3 is 12.1 Å². The van der Waals surface area contributed by atoms with Crippen molar-refractivity contribution in [1.82, 2.24) is 14.7 Å². The first-order chi connectivity index (χ1) is 17.0. The zero-order valence-electron chi connectivity index (χ0n) is 20.8. The predicted molar refractivity (Wildman–Crippen MR) is 131 cm³/mol. The molecule has 1 N–H and O–H groups in total. The van der Waals surface area contributed by atoms with Gasteiger partial charge in [-0.2, -0.15) is 13.2 Å². The Labute approximate surface area is 209 Å². The number of rotatable bonds is 9. The Balaban J connectivity index is 1.93. The predicted octanol–water partition coefficient (Wildman–Crippen LogP) is 2.87. The van der Waals surface area contributed by atoms with Gasteiger partial charge in [-0.15, -0.1) is 0 Å². The van der Waals surface area contributed by atoms with Gasteiger partial charge in [0.1, 0.15) is 6.23 Å². The second kappa shape index (κ2) is 11.9. The molecular weight excluding hydrogens is 473 g/mol. The molecule has 36 heavy (non-hydrogen) atoms. The van der Waals surface area contributed by atoms with Crippen LogP contribution in [0.2, 0.25) is 0 Å². The molecule has 2 aromatic rings. The highest BCUT2D eigenvalue weighted by Crippen LogP contribution is 2.32. The Morgan fingerprint density at radius 1 is 1.06 bits per heavy atom. The van der Waals surface area contributed by atoms with Crippen molar-refractivity contribution in [3.63, 3.8) is 0 Å². The Morgan fingerprint density at radius 3 is 2.36 bits per heavy atom. The topological polar surface area (TPSA) is 67.3 Å². The summed E-state index contributed by atoms with van der Waals surface area (Å²) in [7, 11) is 3.74. The van der Waals surface area contributed by atoms with Crippen LogP contribution >= 0.6 is 0 Å². The van der Waals surface area contributed by atoms with Gasteiger partial charge in [-0.1, -0.05) is 42.5 Å². The molecule has 1 aliphatic rings. The number of benzene rings is 2. The summed E-state index contributed by atoms with van der Waals surface area (Å²) in [4.78, 5) is 30.3. The number of alkyl halides is 3. The lowest BCUT2D eigenvalue weighted by atomic mass is 9.96. The molecule has 0 bridgehead atoms. The Hall–Kier alpha value is -2.95. The number of hydrogen-bond donors (Lipinski definition) is 1. The summed E-state index contributed by atoms with van der Waals surface area (Å²) in [5, 5.41) is 11.1. The van der Waals surface area contributed by atoms with Gasteiger partial charge in [0.15, 0.2) is 0 Å². The summed E-state index contributed by atoms with van der Waals surface area (Å²) in [5.74, 6) is -2.15. The van der Waals surface area contributed by atoms with Gasteiger partial charge in [-0.25, -0.2) is 0 Å². The van der Waals surface area contributed by atoms with Gasteiger partial charge < -0.3 is 19.8 Å². The molecule has 10 heteroatoms. The fraction of sp³-hybridized carbons (Fsp3) is 0.462. The summed E-state index contributed by atoms with van der Waals surface area (Å²) < 4.78 is 41.1. The highest BCUT2D eigenvalue weighted by atomic mass is 19.4. The van der Waals surface area contributed by atoms with E-state index in [1.165, 1.54) is 13.0 Å². The Kier molecular flexibility index (Phi) is 9.10.